The number of nitrogens with one attached hydrogen (secondary N) is 1. The molecule has 2 aliphatic rings. The number of morpholine rings is 1. The van der Waals surface area contributed by atoms with Gasteiger partial charge in [-0.1, -0.05) is 13.8 Å². The predicted octanol–water partition coefficient (Wildman–Crippen LogP) is 5.11. The van der Waals surface area contributed by atoms with Crippen molar-refractivity contribution in [3.8, 4) is 11.3 Å². The van der Waals surface area contributed by atoms with Crippen LogP contribution in [-0.4, -0.2) is 77.2 Å². The zero-order valence-corrected chi connectivity index (χ0v) is 24.0. The SMILES string of the molecule is CC(C)c1c(-c2cn(CCS(C)(=O)=O)c3ncccc23)[nH]c2ccc(C3CCC(N4CCOCC4)CC3)nc12. The zero-order valence-electron chi connectivity index (χ0n) is 23.2. The lowest BCUT2D eigenvalue weighted by molar-refractivity contribution is 0.00721. The molecule has 1 saturated carbocycles. The number of H-pyrrole nitrogens is 1. The molecule has 0 spiro atoms. The first-order valence-corrected chi connectivity index (χ1v) is 16.3. The van der Waals surface area contributed by atoms with Crippen molar-refractivity contribution in [1.82, 2.24) is 24.4 Å². The van der Waals surface area contributed by atoms with E-state index in [4.69, 9.17) is 9.72 Å². The highest BCUT2D eigenvalue weighted by molar-refractivity contribution is 7.90. The number of pyridine rings is 2. The van der Waals surface area contributed by atoms with Gasteiger partial charge in [-0.2, -0.15) is 0 Å². The number of rotatable bonds is 7. The predicted molar refractivity (Wildman–Crippen MR) is 156 cm³/mol. The van der Waals surface area contributed by atoms with E-state index in [1.807, 2.05) is 16.8 Å². The Bertz CT molecular complexity index is 1570. The van der Waals surface area contributed by atoms with Crippen molar-refractivity contribution in [2.24, 2.45) is 0 Å². The van der Waals surface area contributed by atoms with Gasteiger partial charge in [-0.3, -0.25) is 9.88 Å². The summed E-state index contributed by atoms with van der Waals surface area (Å²) in [6.07, 6.45) is 9.88. The van der Waals surface area contributed by atoms with Crippen LogP contribution in [0.3, 0.4) is 0 Å². The summed E-state index contributed by atoms with van der Waals surface area (Å²) in [6.45, 7) is 8.65. The Hall–Kier alpha value is -2.75. The van der Waals surface area contributed by atoms with Gasteiger partial charge in [-0.15, -0.1) is 0 Å². The normalized spacial score (nSPS) is 21.3. The summed E-state index contributed by atoms with van der Waals surface area (Å²) in [5.74, 6) is 0.835. The maximum Gasteiger partial charge on any atom is 0.149 e. The van der Waals surface area contributed by atoms with E-state index in [9.17, 15) is 8.42 Å². The van der Waals surface area contributed by atoms with E-state index >= 15 is 0 Å². The third-order valence-electron chi connectivity index (χ3n) is 8.56. The molecule has 0 bridgehead atoms. The molecule has 208 valence electrons. The van der Waals surface area contributed by atoms with Crippen LogP contribution in [0.2, 0.25) is 0 Å². The smallest absolute Gasteiger partial charge is 0.149 e. The molecule has 0 atom stereocenters. The molecule has 9 heteroatoms. The molecular formula is C30H39N5O3S. The van der Waals surface area contributed by atoms with Crippen molar-refractivity contribution in [3.05, 3.63) is 47.9 Å². The van der Waals surface area contributed by atoms with Crippen molar-refractivity contribution in [2.75, 3.05) is 38.3 Å². The van der Waals surface area contributed by atoms with Crippen LogP contribution in [-0.2, 0) is 21.1 Å². The molecule has 1 aliphatic carbocycles. The number of aromatic amines is 1. The molecule has 39 heavy (non-hydrogen) atoms. The van der Waals surface area contributed by atoms with Crippen molar-refractivity contribution in [3.63, 3.8) is 0 Å². The Balaban J connectivity index is 1.33. The standard InChI is InChI=1S/C30H39N5O3S/c1-20(2)27-28(24-19-35(15-18-39(3,36)37)30-23(24)5-4-12-31-30)33-26-11-10-25(32-29(26)27)21-6-8-22(9-7-21)34-13-16-38-17-14-34/h4-5,10-12,19-22,33H,6-9,13-18H2,1-3H3. The summed E-state index contributed by atoms with van der Waals surface area (Å²) in [5, 5.41) is 1.01. The van der Waals surface area contributed by atoms with E-state index < -0.39 is 9.84 Å². The first kappa shape index (κ1) is 26.5. The molecule has 1 aliphatic heterocycles. The highest BCUT2D eigenvalue weighted by Gasteiger charge is 2.29. The van der Waals surface area contributed by atoms with Gasteiger partial charge in [-0.25, -0.2) is 13.4 Å². The lowest BCUT2D eigenvalue weighted by Crippen LogP contribution is -2.44. The number of aryl methyl sites for hydroxylation is 1. The van der Waals surface area contributed by atoms with Crippen LogP contribution in [0.15, 0.2) is 36.7 Å². The van der Waals surface area contributed by atoms with Crippen LogP contribution in [0.5, 0.6) is 0 Å². The maximum atomic E-state index is 11.9. The topological polar surface area (TPSA) is 93.1 Å². The van der Waals surface area contributed by atoms with Gasteiger partial charge < -0.3 is 14.3 Å². The van der Waals surface area contributed by atoms with E-state index in [0.717, 1.165) is 59.6 Å². The van der Waals surface area contributed by atoms with Crippen LogP contribution in [0.1, 0.15) is 62.6 Å². The van der Waals surface area contributed by atoms with Crippen LogP contribution >= 0.6 is 0 Å². The molecule has 0 amide bonds. The molecular weight excluding hydrogens is 510 g/mol. The maximum absolute atomic E-state index is 11.9. The summed E-state index contributed by atoms with van der Waals surface area (Å²) in [6, 6.07) is 9.09. The van der Waals surface area contributed by atoms with E-state index in [1.165, 1.54) is 43.2 Å². The molecule has 6 rings (SSSR count). The van der Waals surface area contributed by atoms with Crippen molar-refractivity contribution >= 4 is 31.9 Å². The summed E-state index contributed by atoms with van der Waals surface area (Å²) < 4.78 is 31.3. The molecule has 0 unspecified atom stereocenters. The van der Waals surface area contributed by atoms with E-state index in [2.05, 4.69) is 46.9 Å². The highest BCUT2D eigenvalue weighted by atomic mass is 32.2. The molecule has 4 aromatic heterocycles. The van der Waals surface area contributed by atoms with Gasteiger partial charge in [0.05, 0.1) is 35.7 Å². The van der Waals surface area contributed by atoms with Crippen molar-refractivity contribution in [1.29, 1.82) is 0 Å². The fraction of sp³-hybridized carbons (Fsp3) is 0.533. The van der Waals surface area contributed by atoms with E-state index in [-0.39, 0.29) is 11.7 Å². The van der Waals surface area contributed by atoms with Gasteiger partial charge in [0.15, 0.2) is 0 Å². The first-order valence-electron chi connectivity index (χ1n) is 14.2. The minimum absolute atomic E-state index is 0.0786. The zero-order chi connectivity index (χ0) is 27.1. The summed E-state index contributed by atoms with van der Waals surface area (Å²) in [7, 11) is -3.09. The Labute approximate surface area is 230 Å². The molecule has 0 aromatic carbocycles. The van der Waals surface area contributed by atoms with Crippen LogP contribution in [0.4, 0.5) is 0 Å². The molecule has 8 nitrogen and oxygen atoms in total. The lowest BCUT2D eigenvalue weighted by Gasteiger charge is -2.38. The van der Waals surface area contributed by atoms with Crippen LogP contribution in [0, 0.1) is 0 Å². The second-order valence-corrected chi connectivity index (χ2v) is 13.9. The second-order valence-electron chi connectivity index (χ2n) is 11.6. The van der Waals surface area contributed by atoms with E-state index in [0.29, 0.717) is 18.5 Å². The number of sulfone groups is 1. The summed E-state index contributed by atoms with van der Waals surface area (Å²) in [5.41, 5.74) is 7.40. The number of aromatic nitrogens is 4. The van der Waals surface area contributed by atoms with Gasteiger partial charge in [0.1, 0.15) is 15.5 Å². The number of hydrogen-bond acceptors (Lipinski definition) is 6. The van der Waals surface area contributed by atoms with E-state index in [1.54, 1.807) is 6.20 Å². The fourth-order valence-electron chi connectivity index (χ4n) is 6.54. The Morgan fingerprint density at radius 1 is 1.10 bits per heavy atom. The molecule has 0 radical (unpaired) electrons. The van der Waals surface area contributed by atoms with Crippen LogP contribution < -0.4 is 0 Å². The average molecular weight is 550 g/mol. The van der Waals surface area contributed by atoms with Gasteiger partial charge >= 0.3 is 0 Å². The largest absolute Gasteiger partial charge is 0.379 e. The van der Waals surface area contributed by atoms with Gasteiger partial charge in [0.2, 0.25) is 0 Å². The lowest BCUT2D eigenvalue weighted by atomic mass is 9.83. The third kappa shape index (κ3) is 5.36. The summed E-state index contributed by atoms with van der Waals surface area (Å²) in [4.78, 5) is 16.2. The third-order valence-corrected chi connectivity index (χ3v) is 9.49. The van der Waals surface area contributed by atoms with Crippen molar-refractivity contribution < 1.29 is 13.2 Å². The Morgan fingerprint density at radius 3 is 2.59 bits per heavy atom. The molecule has 4 aromatic rings. The highest BCUT2D eigenvalue weighted by Crippen LogP contribution is 2.40. The Kier molecular flexibility index (Phi) is 7.24. The molecule has 5 heterocycles. The van der Waals surface area contributed by atoms with Gasteiger partial charge in [-0.05, 0) is 55.9 Å². The number of ether oxygens (including phenoxy) is 1. The minimum Gasteiger partial charge on any atom is -0.379 e. The van der Waals surface area contributed by atoms with Gasteiger partial charge in [0.25, 0.3) is 0 Å². The first-order chi connectivity index (χ1) is 18.8. The fourth-order valence-corrected chi connectivity index (χ4v) is 7.07. The Morgan fingerprint density at radius 2 is 1.87 bits per heavy atom. The second kappa shape index (κ2) is 10.7. The van der Waals surface area contributed by atoms with Crippen LogP contribution in [0.25, 0.3) is 33.3 Å². The number of nitrogens with zero attached hydrogens (tertiary/aromatic N) is 4. The molecule has 1 N–H and O–H groups in total. The molecule has 2 fully saturated rings. The number of hydrogen-bond donors (Lipinski definition) is 1. The van der Waals surface area contributed by atoms with Crippen molar-refractivity contribution in [2.45, 2.75) is 64.0 Å². The quantitative estimate of drug-likeness (QED) is 0.345. The number of fused-ring (bicyclic) bond motifs is 2. The summed E-state index contributed by atoms with van der Waals surface area (Å²) >= 11 is 0. The minimum atomic E-state index is -3.09. The monoisotopic (exact) mass is 549 g/mol. The van der Waals surface area contributed by atoms with Gasteiger partial charge in [0, 0.05) is 72.5 Å². The average Bonchev–Trinajstić information content (AvgIpc) is 3.50. The molecule has 1 saturated heterocycles.